The van der Waals surface area contributed by atoms with E-state index in [1.807, 2.05) is 0 Å². The first kappa shape index (κ1) is 10.9. The summed E-state index contributed by atoms with van der Waals surface area (Å²) >= 11 is 1.75. The summed E-state index contributed by atoms with van der Waals surface area (Å²) in [5, 5.41) is 5.33. The molecule has 0 spiro atoms. The summed E-state index contributed by atoms with van der Waals surface area (Å²) in [6, 6.07) is 2.16. The predicted molar refractivity (Wildman–Crippen MR) is 67.5 cm³/mol. The van der Waals surface area contributed by atoms with E-state index in [1.54, 1.807) is 17.5 Å². The Morgan fingerprint density at radius 3 is 3.12 bits per heavy atom. The first-order valence-corrected chi connectivity index (χ1v) is 6.03. The molecule has 0 radical (unpaired) electrons. The highest BCUT2D eigenvalue weighted by molar-refractivity contribution is 7.10. The van der Waals surface area contributed by atoms with Crippen LogP contribution in [0.4, 0.5) is 11.5 Å². The van der Waals surface area contributed by atoms with Gasteiger partial charge in [0.15, 0.2) is 5.82 Å². The minimum absolute atomic E-state index is 0.581. The zero-order chi connectivity index (χ0) is 11.4. The SMILES string of the molecule is CCc1ccsc1CNc1ncncc1N. The second-order valence-electron chi connectivity index (χ2n) is 3.40. The van der Waals surface area contributed by atoms with Crippen molar-refractivity contribution in [1.29, 1.82) is 0 Å². The highest BCUT2D eigenvalue weighted by Crippen LogP contribution is 2.20. The molecule has 0 saturated heterocycles. The Morgan fingerprint density at radius 2 is 2.38 bits per heavy atom. The normalized spacial score (nSPS) is 10.3. The van der Waals surface area contributed by atoms with Crippen LogP contribution in [0, 0.1) is 0 Å². The Labute approximate surface area is 98.6 Å². The van der Waals surface area contributed by atoms with Crippen LogP contribution in [0.2, 0.25) is 0 Å². The molecule has 0 aliphatic rings. The third-order valence-corrected chi connectivity index (χ3v) is 3.34. The summed E-state index contributed by atoms with van der Waals surface area (Å²) in [4.78, 5) is 9.27. The lowest BCUT2D eigenvalue weighted by molar-refractivity contribution is 1.06. The van der Waals surface area contributed by atoms with E-state index in [0.29, 0.717) is 11.5 Å². The zero-order valence-electron chi connectivity index (χ0n) is 9.10. The Hall–Kier alpha value is -1.62. The second-order valence-corrected chi connectivity index (χ2v) is 4.40. The number of hydrogen-bond acceptors (Lipinski definition) is 5. The molecule has 2 heterocycles. The Kier molecular flexibility index (Phi) is 3.36. The van der Waals surface area contributed by atoms with Crippen molar-refractivity contribution in [3.8, 4) is 0 Å². The van der Waals surface area contributed by atoms with Crippen LogP contribution >= 0.6 is 11.3 Å². The van der Waals surface area contributed by atoms with Gasteiger partial charge in [0.1, 0.15) is 6.33 Å². The van der Waals surface area contributed by atoms with Gasteiger partial charge >= 0.3 is 0 Å². The molecule has 0 aliphatic carbocycles. The van der Waals surface area contributed by atoms with Crippen molar-refractivity contribution in [3.05, 3.63) is 34.4 Å². The van der Waals surface area contributed by atoms with Gasteiger partial charge in [0, 0.05) is 4.88 Å². The number of hydrogen-bond donors (Lipinski definition) is 2. The van der Waals surface area contributed by atoms with E-state index in [1.165, 1.54) is 16.8 Å². The molecule has 4 nitrogen and oxygen atoms in total. The van der Waals surface area contributed by atoms with Gasteiger partial charge in [0.05, 0.1) is 18.4 Å². The summed E-state index contributed by atoms with van der Waals surface area (Å²) < 4.78 is 0. The molecule has 2 aromatic rings. The van der Waals surface area contributed by atoms with Crippen LogP contribution in [0.15, 0.2) is 24.0 Å². The van der Waals surface area contributed by atoms with Gasteiger partial charge in [-0.3, -0.25) is 0 Å². The van der Waals surface area contributed by atoms with E-state index in [0.717, 1.165) is 13.0 Å². The zero-order valence-corrected chi connectivity index (χ0v) is 9.92. The molecule has 0 amide bonds. The van der Waals surface area contributed by atoms with Crippen molar-refractivity contribution < 1.29 is 0 Å². The maximum absolute atomic E-state index is 5.75. The van der Waals surface area contributed by atoms with Gasteiger partial charge in [-0.15, -0.1) is 11.3 Å². The van der Waals surface area contributed by atoms with Gasteiger partial charge in [-0.1, -0.05) is 6.92 Å². The third-order valence-electron chi connectivity index (χ3n) is 2.38. The molecule has 0 saturated carbocycles. The van der Waals surface area contributed by atoms with Gasteiger partial charge in [0.2, 0.25) is 0 Å². The van der Waals surface area contributed by atoms with Crippen LogP contribution in [-0.4, -0.2) is 9.97 Å². The molecular weight excluding hydrogens is 220 g/mol. The number of nitrogens with zero attached hydrogens (tertiary/aromatic N) is 2. The molecule has 0 aliphatic heterocycles. The first-order valence-electron chi connectivity index (χ1n) is 5.16. The summed E-state index contributed by atoms with van der Waals surface area (Å²) in [5.74, 6) is 0.699. The molecule has 0 fully saturated rings. The van der Waals surface area contributed by atoms with E-state index in [4.69, 9.17) is 5.73 Å². The molecule has 0 atom stereocenters. The average molecular weight is 234 g/mol. The lowest BCUT2D eigenvalue weighted by Gasteiger charge is -2.07. The average Bonchev–Trinajstić information content (AvgIpc) is 2.75. The van der Waals surface area contributed by atoms with E-state index in [9.17, 15) is 0 Å². The van der Waals surface area contributed by atoms with Crippen molar-refractivity contribution >= 4 is 22.8 Å². The molecular formula is C11H14N4S. The number of anilines is 2. The lowest BCUT2D eigenvalue weighted by Crippen LogP contribution is -2.04. The fourth-order valence-electron chi connectivity index (χ4n) is 1.49. The molecule has 5 heteroatoms. The standard InChI is InChI=1S/C11H14N4S/c1-2-8-3-4-16-10(8)6-14-11-9(12)5-13-7-15-11/h3-5,7H,2,6,12H2,1H3,(H,13,14,15). The van der Waals surface area contributed by atoms with Crippen LogP contribution in [0.3, 0.4) is 0 Å². The van der Waals surface area contributed by atoms with Crippen LogP contribution in [0.5, 0.6) is 0 Å². The highest BCUT2D eigenvalue weighted by Gasteiger charge is 2.04. The number of aromatic nitrogens is 2. The smallest absolute Gasteiger partial charge is 0.152 e. The second kappa shape index (κ2) is 4.94. The third kappa shape index (κ3) is 2.30. The van der Waals surface area contributed by atoms with Crippen LogP contribution < -0.4 is 11.1 Å². The number of aryl methyl sites for hydroxylation is 1. The minimum atomic E-state index is 0.581. The topological polar surface area (TPSA) is 63.8 Å². The lowest BCUT2D eigenvalue weighted by atomic mass is 10.2. The van der Waals surface area contributed by atoms with Crippen molar-refractivity contribution in [3.63, 3.8) is 0 Å². The maximum Gasteiger partial charge on any atom is 0.152 e. The Bertz CT molecular complexity index is 467. The molecule has 2 aromatic heterocycles. The first-order chi connectivity index (χ1) is 7.81. The van der Waals surface area contributed by atoms with Gasteiger partial charge in [0.25, 0.3) is 0 Å². The molecule has 3 N–H and O–H groups in total. The minimum Gasteiger partial charge on any atom is -0.394 e. The van der Waals surface area contributed by atoms with Crippen LogP contribution in [0.1, 0.15) is 17.4 Å². The molecule has 84 valence electrons. The molecule has 2 rings (SSSR count). The van der Waals surface area contributed by atoms with Crippen LogP contribution in [-0.2, 0) is 13.0 Å². The highest BCUT2D eigenvalue weighted by atomic mass is 32.1. The Morgan fingerprint density at radius 1 is 1.50 bits per heavy atom. The Balaban J connectivity index is 2.05. The number of rotatable bonds is 4. The molecule has 0 aromatic carbocycles. The fourth-order valence-corrected chi connectivity index (χ4v) is 2.41. The maximum atomic E-state index is 5.75. The van der Waals surface area contributed by atoms with Gasteiger partial charge in [-0.2, -0.15) is 0 Å². The monoisotopic (exact) mass is 234 g/mol. The van der Waals surface area contributed by atoms with Crippen LogP contribution in [0.25, 0.3) is 0 Å². The van der Waals surface area contributed by atoms with Gasteiger partial charge < -0.3 is 11.1 Å². The number of thiophene rings is 1. The summed E-state index contributed by atoms with van der Waals surface area (Å²) in [6.45, 7) is 2.92. The largest absolute Gasteiger partial charge is 0.394 e. The molecule has 16 heavy (non-hydrogen) atoms. The van der Waals surface area contributed by atoms with Gasteiger partial charge in [-0.25, -0.2) is 9.97 Å². The quantitative estimate of drug-likeness (QED) is 0.852. The van der Waals surface area contributed by atoms with E-state index < -0.39 is 0 Å². The summed E-state index contributed by atoms with van der Waals surface area (Å²) in [7, 11) is 0. The van der Waals surface area contributed by atoms with Crippen molar-refractivity contribution in [2.75, 3.05) is 11.1 Å². The van der Waals surface area contributed by atoms with E-state index in [-0.39, 0.29) is 0 Å². The molecule has 0 unspecified atom stereocenters. The van der Waals surface area contributed by atoms with Gasteiger partial charge in [-0.05, 0) is 23.4 Å². The fraction of sp³-hybridized carbons (Fsp3) is 0.273. The number of nitrogens with one attached hydrogen (secondary N) is 1. The number of nitrogens with two attached hydrogens (primary N) is 1. The van der Waals surface area contributed by atoms with Crippen molar-refractivity contribution in [2.24, 2.45) is 0 Å². The van der Waals surface area contributed by atoms with E-state index >= 15 is 0 Å². The summed E-state index contributed by atoms with van der Waals surface area (Å²) in [5.41, 5.74) is 7.71. The summed E-state index contributed by atoms with van der Waals surface area (Å²) in [6.07, 6.45) is 4.15. The number of nitrogen functional groups attached to an aromatic ring is 1. The van der Waals surface area contributed by atoms with Crippen molar-refractivity contribution in [2.45, 2.75) is 19.9 Å². The van der Waals surface area contributed by atoms with Crippen molar-refractivity contribution in [1.82, 2.24) is 9.97 Å². The predicted octanol–water partition coefficient (Wildman–Crippen LogP) is 2.29. The van der Waals surface area contributed by atoms with E-state index in [2.05, 4.69) is 33.7 Å². The molecule has 0 bridgehead atoms.